The van der Waals surface area contributed by atoms with Gasteiger partial charge in [0.15, 0.2) is 0 Å². The summed E-state index contributed by atoms with van der Waals surface area (Å²) >= 11 is 1.68. The van der Waals surface area contributed by atoms with Crippen LogP contribution in [0, 0.1) is 12.8 Å². The van der Waals surface area contributed by atoms with E-state index in [1.807, 2.05) is 6.92 Å². The lowest BCUT2D eigenvalue weighted by Gasteiger charge is -2.31. The summed E-state index contributed by atoms with van der Waals surface area (Å²) in [5.74, 6) is 0.764. The van der Waals surface area contributed by atoms with Crippen molar-refractivity contribution >= 4 is 16.5 Å². The largest absolute Gasteiger partial charge is 0.373 e. The molecule has 3 atom stereocenters. The maximum absolute atomic E-state index is 6.30. The Morgan fingerprint density at radius 3 is 2.86 bits per heavy atom. The molecule has 1 saturated carbocycles. The normalized spacial score (nSPS) is 32.6. The molecule has 0 spiro atoms. The molecule has 3 aliphatic rings. The first-order chi connectivity index (χ1) is 10.8. The summed E-state index contributed by atoms with van der Waals surface area (Å²) in [4.78, 5) is 2.38. The van der Waals surface area contributed by atoms with Gasteiger partial charge in [0, 0.05) is 19.8 Å². The van der Waals surface area contributed by atoms with Gasteiger partial charge in [0.25, 0.3) is 0 Å². The molecule has 5 nitrogen and oxygen atoms in total. The van der Waals surface area contributed by atoms with Crippen molar-refractivity contribution in [2.45, 2.75) is 63.7 Å². The maximum atomic E-state index is 6.30. The highest BCUT2D eigenvalue weighted by Gasteiger charge is 2.46. The third kappa shape index (κ3) is 2.88. The molecule has 1 aliphatic carbocycles. The van der Waals surface area contributed by atoms with E-state index in [4.69, 9.17) is 9.47 Å². The number of anilines is 1. The molecular weight excluding hydrogens is 298 g/mol. The van der Waals surface area contributed by atoms with Crippen molar-refractivity contribution in [3.8, 4) is 0 Å². The number of hydrogen-bond donors (Lipinski definition) is 0. The molecule has 6 heteroatoms. The first-order valence-electron chi connectivity index (χ1n) is 8.61. The smallest absolute Gasteiger partial charge is 0.208 e. The monoisotopic (exact) mass is 323 g/mol. The average molecular weight is 323 g/mol. The Kier molecular flexibility index (Phi) is 4.33. The molecule has 1 aromatic heterocycles. The molecule has 122 valence electrons. The van der Waals surface area contributed by atoms with E-state index < -0.39 is 0 Å². The molecule has 2 aliphatic heterocycles. The average Bonchev–Trinajstić information content (AvgIpc) is 3.24. The summed E-state index contributed by atoms with van der Waals surface area (Å²) in [6, 6.07) is 0.412. The molecule has 0 N–H and O–H groups in total. The molecule has 0 unspecified atom stereocenters. The Morgan fingerprint density at radius 1 is 1.23 bits per heavy atom. The summed E-state index contributed by atoms with van der Waals surface area (Å²) in [5, 5.41) is 10.6. The quantitative estimate of drug-likeness (QED) is 0.853. The van der Waals surface area contributed by atoms with Gasteiger partial charge in [0.05, 0.1) is 6.04 Å². The van der Waals surface area contributed by atoms with E-state index in [9.17, 15) is 0 Å². The van der Waals surface area contributed by atoms with Crippen molar-refractivity contribution in [3.05, 3.63) is 5.01 Å². The molecule has 4 rings (SSSR count). The zero-order chi connectivity index (χ0) is 14.9. The van der Waals surface area contributed by atoms with Crippen LogP contribution in [0.1, 0.15) is 43.5 Å². The van der Waals surface area contributed by atoms with Gasteiger partial charge in [0.1, 0.15) is 17.2 Å². The first kappa shape index (κ1) is 14.8. The number of nitrogens with zero attached hydrogens (tertiary/aromatic N) is 3. The zero-order valence-electron chi connectivity index (χ0n) is 13.2. The van der Waals surface area contributed by atoms with Gasteiger partial charge in [-0.05, 0) is 38.5 Å². The molecule has 3 heterocycles. The van der Waals surface area contributed by atoms with E-state index in [1.165, 1.54) is 32.1 Å². The molecule has 3 fully saturated rings. The van der Waals surface area contributed by atoms with Crippen molar-refractivity contribution in [3.63, 3.8) is 0 Å². The maximum Gasteiger partial charge on any atom is 0.208 e. The van der Waals surface area contributed by atoms with Crippen molar-refractivity contribution in [1.29, 1.82) is 0 Å². The minimum atomic E-state index is 0.190. The van der Waals surface area contributed by atoms with Crippen molar-refractivity contribution in [2.24, 2.45) is 5.92 Å². The van der Waals surface area contributed by atoms with Crippen LogP contribution in [0.25, 0.3) is 0 Å². The van der Waals surface area contributed by atoms with Crippen LogP contribution in [0.4, 0.5) is 5.13 Å². The van der Waals surface area contributed by atoms with E-state index >= 15 is 0 Å². The first-order valence-corrected chi connectivity index (χ1v) is 9.43. The van der Waals surface area contributed by atoms with E-state index in [-0.39, 0.29) is 12.2 Å². The van der Waals surface area contributed by atoms with E-state index in [2.05, 4.69) is 15.1 Å². The highest BCUT2D eigenvalue weighted by molar-refractivity contribution is 7.15. The number of aryl methyl sites for hydroxylation is 1. The Hall–Kier alpha value is -0.720. The molecule has 22 heavy (non-hydrogen) atoms. The molecule has 0 bridgehead atoms. The van der Waals surface area contributed by atoms with Gasteiger partial charge >= 0.3 is 0 Å². The lowest BCUT2D eigenvalue weighted by molar-refractivity contribution is -0.0796. The summed E-state index contributed by atoms with van der Waals surface area (Å²) < 4.78 is 12.4. The van der Waals surface area contributed by atoms with Crippen molar-refractivity contribution in [1.82, 2.24) is 10.2 Å². The van der Waals surface area contributed by atoms with Crippen LogP contribution >= 0.6 is 11.3 Å². The van der Waals surface area contributed by atoms with Crippen molar-refractivity contribution in [2.75, 3.05) is 24.7 Å². The highest BCUT2D eigenvalue weighted by Crippen LogP contribution is 2.36. The third-order valence-electron chi connectivity index (χ3n) is 5.26. The number of rotatable bonds is 4. The summed E-state index contributed by atoms with van der Waals surface area (Å²) in [6.07, 6.45) is 8.11. The summed E-state index contributed by atoms with van der Waals surface area (Å²) in [6.45, 7) is 4.69. The van der Waals surface area contributed by atoms with Crippen LogP contribution in [-0.4, -0.2) is 48.2 Å². The SMILES string of the molecule is Cc1nnc(N2C[C@@H](OCC3CCCC3)[C@@H]3OCCC[C@@H]32)s1. The van der Waals surface area contributed by atoms with Gasteiger partial charge in [-0.15, -0.1) is 10.2 Å². The number of hydrogen-bond acceptors (Lipinski definition) is 6. The fourth-order valence-corrected chi connectivity index (χ4v) is 4.87. The molecule has 1 aromatic rings. The third-order valence-corrected chi connectivity index (χ3v) is 6.13. The van der Waals surface area contributed by atoms with Gasteiger partial charge in [-0.1, -0.05) is 24.2 Å². The second-order valence-corrected chi connectivity index (χ2v) is 7.98. The Bertz CT molecular complexity index is 503. The lowest BCUT2D eigenvalue weighted by Crippen LogP contribution is -2.42. The van der Waals surface area contributed by atoms with Crippen LogP contribution in [0.3, 0.4) is 0 Å². The Morgan fingerprint density at radius 2 is 2.09 bits per heavy atom. The highest BCUT2D eigenvalue weighted by atomic mass is 32.1. The fourth-order valence-electron chi connectivity index (χ4n) is 4.12. The van der Waals surface area contributed by atoms with Gasteiger partial charge in [-0.2, -0.15) is 0 Å². The van der Waals surface area contributed by atoms with E-state index in [1.54, 1.807) is 11.3 Å². The van der Waals surface area contributed by atoms with Crippen LogP contribution in [0.5, 0.6) is 0 Å². The Balaban J connectivity index is 1.45. The van der Waals surface area contributed by atoms with Crippen LogP contribution in [0.15, 0.2) is 0 Å². The predicted molar refractivity (Wildman–Crippen MR) is 86.5 cm³/mol. The van der Waals surface area contributed by atoms with Crippen LogP contribution in [0.2, 0.25) is 0 Å². The molecule has 0 aromatic carbocycles. The second kappa shape index (κ2) is 6.42. The van der Waals surface area contributed by atoms with Crippen molar-refractivity contribution < 1.29 is 9.47 Å². The van der Waals surface area contributed by atoms with Gasteiger partial charge in [0.2, 0.25) is 5.13 Å². The molecule has 2 saturated heterocycles. The fraction of sp³-hybridized carbons (Fsp3) is 0.875. The summed E-state index contributed by atoms with van der Waals surface area (Å²) in [7, 11) is 0. The Labute approximate surface area is 136 Å². The minimum Gasteiger partial charge on any atom is -0.373 e. The number of ether oxygens (including phenoxy) is 2. The molecule has 0 radical (unpaired) electrons. The van der Waals surface area contributed by atoms with Gasteiger partial charge in [-0.25, -0.2) is 0 Å². The number of fused-ring (bicyclic) bond motifs is 1. The van der Waals surface area contributed by atoms with Gasteiger partial charge < -0.3 is 14.4 Å². The van der Waals surface area contributed by atoms with Crippen LogP contribution < -0.4 is 4.90 Å². The predicted octanol–water partition coefficient (Wildman–Crippen LogP) is 2.79. The van der Waals surface area contributed by atoms with E-state index in [0.717, 1.165) is 42.2 Å². The molecule has 0 amide bonds. The van der Waals surface area contributed by atoms with Crippen LogP contribution in [-0.2, 0) is 9.47 Å². The van der Waals surface area contributed by atoms with Gasteiger partial charge in [-0.3, -0.25) is 0 Å². The zero-order valence-corrected chi connectivity index (χ0v) is 14.1. The molecular formula is C16H25N3O2S. The lowest BCUT2D eigenvalue weighted by atomic mass is 10.0. The van der Waals surface area contributed by atoms with E-state index in [0.29, 0.717) is 6.04 Å². The second-order valence-electron chi connectivity index (χ2n) is 6.82. The summed E-state index contributed by atoms with van der Waals surface area (Å²) in [5.41, 5.74) is 0. The topological polar surface area (TPSA) is 47.5 Å². The standard InChI is InChI=1S/C16H25N3O2S/c1-11-17-18-16(22-11)19-9-14(15-13(19)7-4-8-20-15)21-10-12-5-2-3-6-12/h12-15H,2-10H2,1H3/t13-,14+,15+/m0/s1. The number of aromatic nitrogens is 2. The minimum absolute atomic E-state index is 0.190.